The van der Waals surface area contributed by atoms with Crippen molar-refractivity contribution in [1.29, 1.82) is 0 Å². The van der Waals surface area contributed by atoms with Crippen molar-refractivity contribution in [2.75, 3.05) is 0 Å². The Kier molecular flexibility index (Phi) is 5.94. The average Bonchev–Trinajstić information content (AvgIpc) is 2.10. The first-order chi connectivity index (χ1) is 6.09. The van der Waals surface area contributed by atoms with E-state index in [4.69, 9.17) is 5.11 Å². The Hall–Kier alpha value is -1.05. The zero-order valence-electron chi connectivity index (χ0n) is 8.63. The number of hydrogen-bond donors (Lipinski definition) is 1. The van der Waals surface area contributed by atoms with Crippen LogP contribution in [0.3, 0.4) is 0 Å². The van der Waals surface area contributed by atoms with E-state index in [9.17, 15) is 4.79 Å². The van der Waals surface area contributed by atoms with E-state index in [1.165, 1.54) is 0 Å². The van der Waals surface area contributed by atoms with Crippen LogP contribution in [0.2, 0.25) is 0 Å². The summed E-state index contributed by atoms with van der Waals surface area (Å²) in [6, 6.07) is 0. The van der Waals surface area contributed by atoms with Crippen LogP contribution >= 0.6 is 0 Å². The lowest BCUT2D eigenvalue weighted by Gasteiger charge is -2.00. The van der Waals surface area contributed by atoms with Gasteiger partial charge in [-0.05, 0) is 33.1 Å². The maximum atomic E-state index is 10.6. The number of carboxylic acid groups (broad SMARTS) is 1. The fourth-order valence-corrected chi connectivity index (χ4v) is 0.954. The third-order valence-corrected chi connectivity index (χ3v) is 2.05. The lowest BCUT2D eigenvalue weighted by Crippen LogP contribution is -1.99. The van der Waals surface area contributed by atoms with Crippen LogP contribution in [-0.4, -0.2) is 11.1 Å². The van der Waals surface area contributed by atoms with Crippen LogP contribution in [0.4, 0.5) is 0 Å². The van der Waals surface area contributed by atoms with Gasteiger partial charge in [0.1, 0.15) is 0 Å². The molecule has 0 saturated heterocycles. The van der Waals surface area contributed by atoms with Gasteiger partial charge in [-0.1, -0.05) is 24.6 Å². The van der Waals surface area contributed by atoms with Crippen LogP contribution in [0.15, 0.2) is 23.3 Å². The van der Waals surface area contributed by atoms with Gasteiger partial charge in [0.15, 0.2) is 0 Å². The molecule has 0 heterocycles. The van der Waals surface area contributed by atoms with Gasteiger partial charge in [0.2, 0.25) is 0 Å². The summed E-state index contributed by atoms with van der Waals surface area (Å²) in [5.41, 5.74) is 1.44. The lowest BCUT2D eigenvalue weighted by atomic mass is 10.1. The van der Waals surface area contributed by atoms with Gasteiger partial charge >= 0.3 is 5.97 Å². The molecule has 0 aliphatic heterocycles. The molecule has 13 heavy (non-hydrogen) atoms. The van der Waals surface area contributed by atoms with E-state index in [0.29, 0.717) is 5.57 Å². The minimum Gasteiger partial charge on any atom is -0.478 e. The molecule has 0 radical (unpaired) electrons. The van der Waals surface area contributed by atoms with Gasteiger partial charge in [-0.3, -0.25) is 0 Å². The van der Waals surface area contributed by atoms with E-state index in [2.05, 4.69) is 19.1 Å². The normalized spacial score (nSPS) is 13.2. The SMILES string of the molecule is CC/C=C\CC/C(C)=C(\C)C(=O)O. The minimum atomic E-state index is -0.808. The maximum Gasteiger partial charge on any atom is 0.331 e. The highest BCUT2D eigenvalue weighted by Gasteiger charge is 2.03. The molecule has 0 aliphatic carbocycles. The fraction of sp³-hybridized carbons (Fsp3) is 0.545. The highest BCUT2D eigenvalue weighted by atomic mass is 16.4. The predicted octanol–water partition coefficient (Wildman–Crippen LogP) is 3.15. The average molecular weight is 182 g/mol. The molecule has 0 aromatic carbocycles. The van der Waals surface area contributed by atoms with Gasteiger partial charge in [-0.25, -0.2) is 4.79 Å². The molecule has 2 heteroatoms. The molecule has 0 saturated carbocycles. The Morgan fingerprint density at radius 1 is 1.31 bits per heavy atom. The highest BCUT2D eigenvalue weighted by molar-refractivity contribution is 5.86. The van der Waals surface area contributed by atoms with E-state index in [0.717, 1.165) is 24.8 Å². The van der Waals surface area contributed by atoms with Gasteiger partial charge in [-0.15, -0.1) is 0 Å². The minimum absolute atomic E-state index is 0.477. The monoisotopic (exact) mass is 182 g/mol. The predicted molar refractivity (Wildman–Crippen MR) is 54.7 cm³/mol. The van der Waals surface area contributed by atoms with Gasteiger partial charge in [0.05, 0.1) is 0 Å². The number of carbonyl (C=O) groups is 1. The molecule has 0 aromatic rings. The summed E-state index contributed by atoms with van der Waals surface area (Å²) in [6.45, 7) is 5.62. The van der Waals surface area contributed by atoms with E-state index in [1.54, 1.807) is 6.92 Å². The van der Waals surface area contributed by atoms with Crippen molar-refractivity contribution in [2.45, 2.75) is 40.0 Å². The van der Waals surface area contributed by atoms with E-state index in [1.807, 2.05) is 6.92 Å². The van der Waals surface area contributed by atoms with Crippen LogP contribution in [0.25, 0.3) is 0 Å². The first-order valence-corrected chi connectivity index (χ1v) is 4.64. The summed E-state index contributed by atoms with van der Waals surface area (Å²) in [6.07, 6.45) is 7.02. The van der Waals surface area contributed by atoms with Crippen molar-refractivity contribution in [3.05, 3.63) is 23.3 Å². The van der Waals surface area contributed by atoms with Crippen LogP contribution in [0, 0.1) is 0 Å². The Morgan fingerprint density at radius 3 is 2.38 bits per heavy atom. The molecule has 74 valence electrons. The maximum absolute atomic E-state index is 10.6. The Labute approximate surface area is 80.0 Å². The van der Waals surface area contributed by atoms with Gasteiger partial charge in [0, 0.05) is 5.57 Å². The van der Waals surface area contributed by atoms with Crippen molar-refractivity contribution < 1.29 is 9.90 Å². The second-order valence-electron chi connectivity index (χ2n) is 3.13. The molecule has 0 aliphatic rings. The number of aliphatic carboxylic acids is 1. The summed E-state index contributed by atoms with van der Waals surface area (Å²) in [5.74, 6) is -0.808. The van der Waals surface area contributed by atoms with Crippen LogP contribution < -0.4 is 0 Å². The Balaban J connectivity index is 3.99. The number of hydrogen-bond acceptors (Lipinski definition) is 1. The zero-order chi connectivity index (χ0) is 10.3. The third kappa shape index (κ3) is 5.23. The van der Waals surface area contributed by atoms with Crippen molar-refractivity contribution >= 4 is 5.97 Å². The lowest BCUT2D eigenvalue weighted by molar-refractivity contribution is -0.132. The highest BCUT2D eigenvalue weighted by Crippen LogP contribution is 2.10. The van der Waals surface area contributed by atoms with Crippen LogP contribution in [0.5, 0.6) is 0 Å². The molecule has 0 spiro atoms. The summed E-state index contributed by atoms with van der Waals surface area (Å²) in [7, 11) is 0. The zero-order valence-corrected chi connectivity index (χ0v) is 8.63. The van der Waals surface area contributed by atoms with Crippen LogP contribution in [0.1, 0.15) is 40.0 Å². The second-order valence-corrected chi connectivity index (χ2v) is 3.13. The Morgan fingerprint density at radius 2 is 1.92 bits per heavy atom. The second kappa shape index (κ2) is 6.46. The van der Waals surface area contributed by atoms with E-state index >= 15 is 0 Å². The molecule has 0 atom stereocenters. The summed E-state index contributed by atoms with van der Waals surface area (Å²) in [4.78, 5) is 10.6. The molecular weight excluding hydrogens is 164 g/mol. The van der Waals surface area contributed by atoms with E-state index < -0.39 is 5.97 Å². The summed E-state index contributed by atoms with van der Waals surface area (Å²) >= 11 is 0. The molecule has 0 amide bonds. The first kappa shape index (κ1) is 11.9. The first-order valence-electron chi connectivity index (χ1n) is 4.64. The molecule has 1 N–H and O–H groups in total. The van der Waals surface area contributed by atoms with Crippen molar-refractivity contribution in [2.24, 2.45) is 0 Å². The molecule has 0 fully saturated rings. The van der Waals surface area contributed by atoms with Crippen molar-refractivity contribution in [3.63, 3.8) is 0 Å². The fourth-order valence-electron chi connectivity index (χ4n) is 0.954. The number of rotatable bonds is 5. The molecule has 0 unspecified atom stereocenters. The molecule has 0 aromatic heterocycles. The Bertz CT molecular complexity index is 224. The van der Waals surface area contributed by atoms with Crippen LogP contribution in [-0.2, 0) is 4.79 Å². The van der Waals surface area contributed by atoms with Gasteiger partial charge in [-0.2, -0.15) is 0 Å². The van der Waals surface area contributed by atoms with E-state index in [-0.39, 0.29) is 0 Å². The van der Waals surface area contributed by atoms with Gasteiger partial charge in [0.25, 0.3) is 0 Å². The standard InChI is InChI=1S/C11H18O2/c1-4-5-6-7-8-9(2)10(3)11(12)13/h5-6H,4,7-8H2,1-3H3,(H,12,13)/b6-5-,10-9+. The van der Waals surface area contributed by atoms with Gasteiger partial charge < -0.3 is 5.11 Å². The molecule has 0 bridgehead atoms. The smallest absolute Gasteiger partial charge is 0.331 e. The largest absolute Gasteiger partial charge is 0.478 e. The molecule has 2 nitrogen and oxygen atoms in total. The van der Waals surface area contributed by atoms with Crippen molar-refractivity contribution in [3.8, 4) is 0 Å². The molecular formula is C11H18O2. The summed E-state index contributed by atoms with van der Waals surface area (Å²) in [5, 5.41) is 8.68. The number of allylic oxidation sites excluding steroid dienone is 3. The topological polar surface area (TPSA) is 37.3 Å². The van der Waals surface area contributed by atoms with Crippen molar-refractivity contribution in [1.82, 2.24) is 0 Å². The summed E-state index contributed by atoms with van der Waals surface area (Å²) < 4.78 is 0. The third-order valence-electron chi connectivity index (χ3n) is 2.05. The quantitative estimate of drug-likeness (QED) is 0.524. The molecule has 0 rings (SSSR count). The number of carboxylic acids is 1.